The van der Waals surface area contributed by atoms with Gasteiger partial charge in [0.15, 0.2) is 0 Å². The molecule has 0 aliphatic carbocycles. The number of nitrogens with zero attached hydrogens (tertiary/aromatic N) is 1. The molecule has 15 heavy (non-hydrogen) atoms. The number of likely N-dealkylation sites (N-methyl/N-ethyl adjacent to an activating group) is 1. The first-order chi connectivity index (χ1) is 7.22. The zero-order chi connectivity index (χ0) is 11.1. The Balaban J connectivity index is 2.30. The lowest BCUT2D eigenvalue weighted by molar-refractivity contribution is 0.335. The van der Waals surface area contributed by atoms with E-state index in [1.807, 2.05) is 18.2 Å². The maximum Gasteiger partial charge on any atom is 0.0408 e. The fourth-order valence-electron chi connectivity index (χ4n) is 1.49. The van der Waals surface area contributed by atoms with Crippen molar-refractivity contribution in [2.45, 2.75) is 12.8 Å². The normalized spacial score (nSPS) is 10.9. The molecule has 2 N–H and O–H groups in total. The maximum atomic E-state index is 5.91. The van der Waals surface area contributed by atoms with Crippen LogP contribution in [0.25, 0.3) is 0 Å². The van der Waals surface area contributed by atoms with E-state index < -0.39 is 0 Å². The molecule has 0 fully saturated rings. The Morgan fingerprint density at radius 1 is 1.33 bits per heavy atom. The van der Waals surface area contributed by atoms with Crippen LogP contribution in [0.3, 0.4) is 0 Å². The summed E-state index contributed by atoms with van der Waals surface area (Å²) in [5.41, 5.74) is 6.75. The van der Waals surface area contributed by atoms with Crippen molar-refractivity contribution in [1.29, 1.82) is 0 Å². The standard InChI is InChI=1S/C12H19ClN2/c1-15(8-3-7-14)9-6-11-4-2-5-12(13)10-11/h2,4-5,10H,3,6-9,14H2,1H3. The van der Waals surface area contributed by atoms with Gasteiger partial charge in [-0.2, -0.15) is 0 Å². The first kappa shape index (κ1) is 12.5. The molecule has 0 unspecified atom stereocenters. The van der Waals surface area contributed by atoms with E-state index in [1.165, 1.54) is 5.56 Å². The van der Waals surface area contributed by atoms with Crippen molar-refractivity contribution < 1.29 is 0 Å². The van der Waals surface area contributed by atoms with Crippen LogP contribution in [0.4, 0.5) is 0 Å². The molecule has 0 aliphatic heterocycles. The molecule has 0 saturated heterocycles. The molecule has 3 heteroatoms. The van der Waals surface area contributed by atoms with Gasteiger partial charge >= 0.3 is 0 Å². The highest BCUT2D eigenvalue weighted by atomic mass is 35.5. The Bertz CT molecular complexity index is 289. The molecule has 1 aromatic carbocycles. The molecule has 1 aromatic rings. The first-order valence-electron chi connectivity index (χ1n) is 5.35. The van der Waals surface area contributed by atoms with Gasteiger partial charge < -0.3 is 10.6 Å². The van der Waals surface area contributed by atoms with Crippen molar-refractivity contribution in [2.24, 2.45) is 5.73 Å². The second-order valence-electron chi connectivity index (χ2n) is 3.83. The predicted octanol–water partition coefficient (Wildman–Crippen LogP) is 2.16. The molecule has 0 saturated carbocycles. The zero-order valence-electron chi connectivity index (χ0n) is 9.25. The van der Waals surface area contributed by atoms with Crippen molar-refractivity contribution in [3.05, 3.63) is 34.9 Å². The van der Waals surface area contributed by atoms with Gasteiger partial charge in [-0.3, -0.25) is 0 Å². The van der Waals surface area contributed by atoms with Crippen LogP contribution in [-0.4, -0.2) is 31.6 Å². The van der Waals surface area contributed by atoms with E-state index in [1.54, 1.807) is 0 Å². The van der Waals surface area contributed by atoms with E-state index in [-0.39, 0.29) is 0 Å². The number of benzene rings is 1. The van der Waals surface area contributed by atoms with Crippen molar-refractivity contribution in [3.8, 4) is 0 Å². The highest BCUT2D eigenvalue weighted by Gasteiger charge is 1.99. The second kappa shape index (κ2) is 6.83. The van der Waals surface area contributed by atoms with Gasteiger partial charge in [0, 0.05) is 11.6 Å². The van der Waals surface area contributed by atoms with Crippen LogP contribution in [-0.2, 0) is 6.42 Å². The molecule has 1 rings (SSSR count). The van der Waals surface area contributed by atoms with Gasteiger partial charge in [0.05, 0.1) is 0 Å². The van der Waals surface area contributed by atoms with Crippen LogP contribution in [0.2, 0.25) is 5.02 Å². The lowest BCUT2D eigenvalue weighted by atomic mass is 10.1. The van der Waals surface area contributed by atoms with Gasteiger partial charge in [-0.05, 0) is 50.7 Å². The van der Waals surface area contributed by atoms with Crippen LogP contribution >= 0.6 is 11.6 Å². The fourth-order valence-corrected chi connectivity index (χ4v) is 1.70. The summed E-state index contributed by atoms with van der Waals surface area (Å²) in [6, 6.07) is 8.04. The van der Waals surface area contributed by atoms with E-state index in [9.17, 15) is 0 Å². The molecule has 0 bridgehead atoms. The smallest absolute Gasteiger partial charge is 0.0408 e. The molecule has 0 spiro atoms. The Kier molecular flexibility index (Phi) is 5.69. The molecular weight excluding hydrogens is 208 g/mol. The molecule has 0 radical (unpaired) electrons. The molecular formula is C12H19ClN2. The Labute approximate surface area is 97.0 Å². The summed E-state index contributed by atoms with van der Waals surface area (Å²) < 4.78 is 0. The summed E-state index contributed by atoms with van der Waals surface area (Å²) in [6.07, 6.45) is 2.10. The molecule has 0 atom stereocenters. The maximum absolute atomic E-state index is 5.91. The molecule has 0 heterocycles. The Morgan fingerprint density at radius 3 is 2.80 bits per heavy atom. The minimum Gasteiger partial charge on any atom is -0.330 e. The Hall–Kier alpha value is -0.570. The van der Waals surface area contributed by atoms with Crippen LogP contribution in [0.5, 0.6) is 0 Å². The van der Waals surface area contributed by atoms with Gasteiger partial charge in [-0.15, -0.1) is 0 Å². The van der Waals surface area contributed by atoms with Crippen molar-refractivity contribution in [2.75, 3.05) is 26.7 Å². The minimum absolute atomic E-state index is 0.765. The number of nitrogens with two attached hydrogens (primary N) is 1. The van der Waals surface area contributed by atoms with E-state index >= 15 is 0 Å². The average molecular weight is 227 g/mol. The largest absolute Gasteiger partial charge is 0.330 e. The number of halogens is 1. The van der Waals surface area contributed by atoms with Crippen molar-refractivity contribution in [3.63, 3.8) is 0 Å². The van der Waals surface area contributed by atoms with Crippen LogP contribution in [0.1, 0.15) is 12.0 Å². The van der Waals surface area contributed by atoms with Crippen molar-refractivity contribution >= 4 is 11.6 Å². The molecule has 2 nitrogen and oxygen atoms in total. The molecule has 0 aliphatic rings. The lowest BCUT2D eigenvalue weighted by Gasteiger charge is -2.15. The SMILES string of the molecule is CN(CCCN)CCc1cccc(Cl)c1. The van der Waals surface area contributed by atoms with Crippen LogP contribution in [0, 0.1) is 0 Å². The van der Waals surface area contributed by atoms with Gasteiger partial charge in [0.1, 0.15) is 0 Å². The summed E-state index contributed by atoms with van der Waals surface area (Å²) in [5, 5.41) is 0.817. The number of hydrogen-bond donors (Lipinski definition) is 1. The molecule has 0 amide bonds. The Morgan fingerprint density at radius 2 is 2.13 bits per heavy atom. The molecule has 84 valence electrons. The second-order valence-corrected chi connectivity index (χ2v) is 4.26. The van der Waals surface area contributed by atoms with E-state index in [0.29, 0.717) is 0 Å². The van der Waals surface area contributed by atoms with Gasteiger partial charge in [-0.25, -0.2) is 0 Å². The van der Waals surface area contributed by atoms with Crippen molar-refractivity contribution in [1.82, 2.24) is 4.90 Å². The third kappa shape index (κ3) is 5.17. The summed E-state index contributed by atoms with van der Waals surface area (Å²) in [6.45, 7) is 2.89. The van der Waals surface area contributed by atoms with Crippen LogP contribution < -0.4 is 5.73 Å². The lowest BCUT2D eigenvalue weighted by Crippen LogP contribution is -2.24. The summed E-state index contributed by atoms with van der Waals surface area (Å²) in [4.78, 5) is 2.30. The van der Waals surface area contributed by atoms with E-state index in [2.05, 4.69) is 18.0 Å². The third-order valence-corrected chi connectivity index (χ3v) is 2.65. The average Bonchev–Trinajstić information content (AvgIpc) is 2.23. The van der Waals surface area contributed by atoms with E-state index in [0.717, 1.165) is 37.5 Å². The van der Waals surface area contributed by atoms with Gasteiger partial charge in [-0.1, -0.05) is 23.7 Å². The van der Waals surface area contributed by atoms with Gasteiger partial charge in [0.25, 0.3) is 0 Å². The monoisotopic (exact) mass is 226 g/mol. The quantitative estimate of drug-likeness (QED) is 0.806. The van der Waals surface area contributed by atoms with Crippen LogP contribution in [0.15, 0.2) is 24.3 Å². The fraction of sp³-hybridized carbons (Fsp3) is 0.500. The number of hydrogen-bond acceptors (Lipinski definition) is 2. The summed E-state index contributed by atoms with van der Waals surface area (Å²) in [7, 11) is 2.13. The zero-order valence-corrected chi connectivity index (χ0v) is 10.0. The summed E-state index contributed by atoms with van der Waals surface area (Å²) in [5.74, 6) is 0. The first-order valence-corrected chi connectivity index (χ1v) is 5.73. The predicted molar refractivity (Wildman–Crippen MR) is 66.3 cm³/mol. The molecule has 0 aromatic heterocycles. The number of rotatable bonds is 6. The summed E-state index contributed by atoms with van der Waals surface area (Å²) >= 11 is 5.91. The third-order valence-electron chi connectivity index (χ3n) is 2.42. The topological polar surface area (TPSA) is 29.3 Å². The van der Waals surface area contributed by atoms with Gasteiger partial charge in [0.2, 0.25) is 0 Å². The van der Waals surface area contributed by atoms with E-state index in [4.69, 9.17) is 17.3 Å². The highest BCUT2D eigenvalue weighted by Crippen LogP contribution is 2.11. The highest BCUT2D eigenvalue weighted by molar-refractivity contribution is 6.30. The minimum atomic E-state index is 0.765.